The third-order valence-electron chi connectivity index (χ3n) is 2.52. The number of hydrogen-bond donors (Lipinski definition) is 1. The summed E-state index contributed by atoms with van der Waals surface area (Å²) in [6.07, 6.45) is 0. The van der Waals surface area contributed by atoms with Gasteiger partial charge in [0.25, 0.3) is 0 Å². The van der Waals surface area contributed by atoms with E-state index in [-0.39, 0.29) is 11.3 Å². The summed E-state index contributed by atoms with van der Waals surface area (Å²) in [5.41, 5.74) is 1.41. The Morgan fingerprint density at radius 2 is 1.78 bits per heavy atom. The summed E-state index contributed by atoms with van der Waals surface area (Å²) in [6.45, 7) is 0. The fraction of sp³-hybridized carbons (Fsp3) is 0.0714. The molecule has 0 saturated carbocycles. The second kappa shape index (κ2) is 4.87. The zero-order valence-electron chi connectivity index (χ0n) is 9.68. The Kier molecular flexibility index (Phi) is 3.28. The first-order chi connectivity index (χ1) is 8.60. The molecule has 2 aromatic rings. The predicted octanol–water partition coefficient (Wildman–Crippen LogP) is 2.98. The van der Waals surface area contributed by atoms with Crippen LogP contribution in [0.25, 0.3) is 11.1 Å². The van der Waals surface area contributed by atoms with E-state index in [9.17, 15) is 14.3 Å². The van der Waals surface area contributed by atoms with E-state index in [1.165, 1.54) is 25.3 Å². The lowest BCUT2D eigenvalue weighted by molar-refractivity contribution is 0.0600. The van der Waals surface area contributed by atoms with Gasteiger partial charge in [0.1, 0.15) is 11.6 Å². The number of phenolic OH excluding ortho intramolecular Hbond substituents is 1. The SMILES string of the molecule is COC(=O)c1cc(F)cc(-c2ccc(O)cc2)c1. The second-order valence-corrected chi connectivity index (χ2v) is 3.77. The summed E-state index contributed by atoms with van der Waals surface area (Å²) in [6, 6.07) is 10.3. The summed E-state index contributed by atoms with van der Waals surface area (Å²) < 4.78 is 18.0. The molecule has 92 valence electrons. The van der Waals surface area contributed by atoms with E-state index >= 15 is 0 Å². The lowest BCUT2D eigenvalue weighted by atomic mass is 10.0. The first-order valence-corrected chi connectivity index (χ1v) is 5.28. The van der Waals surface area contributed by atoms with E-state index in [2.05, 4.69) is 4.74 Å². The summed E-state index contributed by atoms with van der Waals surface area (Å²) in [4.78, 5) is 11.4. The van der Waals surface area contributed by atoms with Crippen LogP contribution >= 0.6 is 0 Å². The Bertz CT molecular complexity index is 576. The summed E-state index contributed by atoms with van der Waals surface area (Å²) in [5.74, 6) is -0.973. The minimum absolute atomic E-state index is 0.128. The molecule has 0 saturated heterocycles. The van der Waals surface area contributed by atoms with Gasteiger partial charge in [-0.25, -0.2) is 9.18 Å². The Labute approximate surface area is 103 Å². The lowest BCUT2D eigenvalue weighted by Crippen LogP contribution is -2.02. The highest BCUT2D eigenvalue weighted by Gasteiger charge is 2.10. The van der Waals surface area contributed by atoms with Crippen LogP contribution in [0.15, 0.2) is 42.5 Å². The summed E-state index contributed by atoms with van der Waals surface area (Å²) in [5, 5.41) is 9.19. The van der Waals surface area contributed by atoms with Crippen molar-refractivity contribution in [3.8, 4) is 16.9 Å². The minimum Gasteiger partial charge on any atom is -0.508 e. The number of phenols is 1. The molecule has 0 aliphatic carbocycles. The van der Waals surface area contributed by atoms with Gasteiger partial charge in [-0.05, 0) is 41.5 Å². The Morgan fingerprint density at radius 3 is 2.39 bits per heavy atom. The van der Waals surface area contributed by atoms with Crippen LogP contribution in [0.3, 0.4) is 0 Å². The maximum atomic E-state index is 13.4. The molecule has 0 aliphatic heterocycles. The quantitative estimate of drug-likeness (QED) is 0.828. The number of aromatic hydroxyl groups is 1. The molecule has 2 rings (SSSR count). The number of carbonyl (C=O) groups excluding carboxylic acids is 1. The third-order valence-corrected chi connectivity index (χ3v) is 2.52. The monoisotopic (exact) mass is 246 g/mol. The van der Waals surface area contributed by atoms with Crippen molar-refractivity contribution in [2.75, 3.05) is 7.11 Å². The first-order valence-electron chi connectivity index (χ1n) is 5.28. The van der Waals surface area contributed by atoms with Gasteiger partial charge in [0, 0.05) is 0 Å². The van der Waals surface area contributed by atoms with E-state index in [0.717, 1.165) is 6.07 Å². The van der Waals surface area contributed by atoms with Crippen molar-refractivity contribution < 1.29 is 19.0 Å². The van der Waals surface area contributed by atoms with Gasteiger partial charge in [-0.3, -0.25) is 0 Å². The highest BCUT2D eigenvalue weighted by molar-refractivity contribution is 5.91. The molecule has 0 aromatic heterocycles. The molecule has 0 aliphatic rings. The molecule has 0 heterocycles. The Morgan fingerprint density at radius 1 is 1.11 bits per heavy atom. The zero-order valence-corrected chi connectivity index (χ0v) is 9.68. The second-order valence-electron chi connectivity index (χ2n) is 3.77. The molecule has 0 radical (unpaired) electrons. The standard InChI is InChI=1S/C14H11FO3/c1-18-14(17)11-6-10(7-12(15)8-11)9-2-4-13(16)5-3-9/h2-8,16H,1H3. The van der Waals surface area contributed by atoms with Gasteiger partial charge in [-0.1, -0.05) is 12.1 Å². The number of ether oxygens (including phenoxy) is 1. The van der Waals surface area contributed by atoms with Crippen LogP contribution in [0.1, 0.15) is 10.4 Å². The molecule has 1 N–H and O–H groups in total. The van der Waals surface area contributed by atoms with Crippen LogP contribution in [0.2, 0.25) is 0 Å². The fourth-order valence-corrected chi connectivity index (χ4v) is 1.65. The van der Waals surface area contributed by atoms with E-state index in [1.54, 1.807) is 18.2 Å². The van der Waals surface area contributed by atoms with Gasteiger partial charge in [0.15, 0.2) is 0 Å². The van der Waals surface area contributed by atoms with Crippen LogP contribution < -0.4 is 0 Å². The molecule has 2 aromatic carbocycles. The molecule has 3 nitrogen and oxygen atoms in total. The minimum atomic E-state index is -0.588. The predicted molar refractivity (Wildman–Crippen MR) is 64.8 cm³/mol. The van der Waals surface area contributed by atoms with Crippen molar-refractivity contribution in [2.24, 2.45) is 0 Å². The first kappa shape index (κ1) is 12.1. The normalized spacial score (nSPS) is 10.1. The van der Waals surface area contributed by atoms with Crippen molar-refractivity contribution >= 4 is 5.97 Å². The molecule has 0 fully saturated rings. The van der Waals surface area contributed by atoms with E-state index < -0.39 is 11.8 Å². The Balaban J connectivity index is 2.48. The van der Waals surface area contributed by atoms with Crippen molar-refractivity contribution in [1.82, 2.24) is 0 Å². The third kappa shape index (κ3) is 2.48. The number of benzene rings is 2. The number of rotatable bonds is 2. The maximum absolute atomic E-state index is 13.4. The van der Waals surface area contributed by atoms with Crippen LogP contribution in [0.5, 0.6) is 5.75 Å². The molecular weight excluding hydrogens is 235 g/mol. The molecule has 4 heteroatoms. The zero-order chi connectivity index (χ0) is 13.1. The van der Waals surface area contributed by atoms with E-state index in [1.807, 2.05) is 0 Å². The van der Waals surface area contributed by atoms with Crippen molar-refractivity contribution in [3.05, 3.63) is 53.8 Å². The van der Waals surface area contributed by atoms with Crippen LogP contribution in [0.4, 0.5) is 4.39 Å². The van der Waals surface area contributed by atoms with E-state index in [4.69, 9.17) is 0 Å². The average molecular weight is 246 g/mol. The maximum Gasteiger partial charge on any atom is 0.337 e. The van der Waals surface area contributed by atoms with Crippen LogP contribution in [-0.2, 0) is 4.74 Å². The molecule has 0 spiro atoms. The van der Waals surface area contributed by atoms with Gasteiger partial charge < -0.3 is 9.84 Å². The highest BCUT2D eigenvalue weighted by Crippen LogP contribution is 2.24. The number of hydrogen-bond acceptors (Lipinski definition) is 3. The molecule has 0 amide bonds. The number of esters is 1. The largest absolute Gasteiger partial charge is 0.508 e. The van der Waals surface area contributed by atoms with Crippen molar-refractivity contribution in [3.63, 3.8) is 0 Å². The fourth-order valence-electron chi connectivity index (χ4n) is 1.65. The molecular formula is C14H11FO3. The summed E-state index contributed by atoms with van der Waals surface area (Å²) in [7, 11) is 1.24. The van der Waals surface area contributed by atoms with Gasteiger partial charge in [-0.15, -0.1) is 0 Å². The number of halogens is 1. The smallest absolute Gasteiger partial charge is 0.337 e. The molecule has 0 atom stereocenters. The van der Waals surface area contributed by atoms with Crippen molar-refractivity contribution in [2.45, 2.75) is 0 Å². The number of carbonyl (C=O) groups is 1. The van der Waals surface area contributed by atoms with Gasteiger partial charge in [0.2, 0.25) is 0 Å². The van der Waals surface area contributed by atoms with Gasteiger partial charge in [-0.2, -0.15) is 0 Å². The number of methoxy groups -OCH3 is 1. The van der Waals surface area contributed by atoms with Gasteiger partial charge in [0.05, 0.1) is 12.7 Å². The highest BCUT2D eigenvalue weighted by atomic mass is 19.1. The molecule has 0 bridgehead atoms. The Hall–Kier alpha value is -2.36. The molecule has 0 unspecified atom stereocenters. The van der Waals surface area contributed by atoms with E-state index in [0.29, 0.717) is 11.1 Å². The molecule has 18 heavy (non-hydrogen) atoms. The van der Waals surface area contributed by atoms with Crippen molar-refractivity contribution in [1.29, 1.82) is 0 Å². The lowest BCUT2D eigenvalue weighted by Gasteiger charge is -2.05. The average Bonchev–Trinajstić information content (AvgIpc) is 2.38. The topological polar surface area (TPSA) is 46.5 Å². The van der Waals surface area contributed by atoms with Gasteiger partial charge >= 0.3 is 5.97 Å². The van der Waals surface area contributed by atoms with Crippen LogP contribution in [0, 0.1) is 5.82 Å². The van der Waals surface area contributed by atoms with Crippen LogP contribution in [-0.4, -0.2) is 18.2 Å². The summed E-state index contributed by atoms with van der Waals surface area (Å²) >= 11 is 0.